The molecule has 0 bridgehead atoms. The molecule has 2 N–H and O–H groups in total. The molecule has 7 heteroatoms. The fourth-order valence-corrected chi connectivity index (χ4v) is 1.72. The van der Waals surface area contributed by atoms with Crippen molar-refractivity contribution in [3.8, 4) is 17.2 Å². The number of hydrazine groups is 1. The molecule has 0 spiro atoms. The summed E-state index contributed by atoms with van der Waals surface area (Å²) in [6.07, 6.45) is 0. The number of amides is 2. The molecule has 7 nitrogen and oxygen atoms in total. The Morgan fingerprint density at radius 2 is 1.33 bits per heavy atom. The molecule has 0 saturated carbocycles. The van der Waals surface area contributed by atoms with Gasteiger partial charge in [-0.3, -0.25) is 20.4 Å². The topological polar surface area (TPSA) is 85.9 Å². The van der Waals surface area contributed by atoms with E-state index in [0.717, 1.165) is 0 Å². The van der Waals surface area contributed by atoms with Gasteiger partial charge in [-0.05, 0) is 24.3 Å². The van der Waals surface area contributed by atoms with Crippen LogP contribution in [-0.2, 0) is 9.59 Å². The van der Waals surface area contributed by atoms with Gasteiger partial charge in [-0.15, -0.1) is 0 Å². The summed E-state index contributed by atoms with van der Waals surface area (Å²) in [6, 6.07) is 15.8. The van der Waals surface area contributed by atoms with Crippen LogP contribution in [0, 0.1) is 0 Å². The van der Waals surface area contributed by atoms with E-state index < -0.39 is 11.8 Å². The van der Waals surface area contributed by atoms with E-state index in [2.05, 4.69) is 10.9 Å². The second kappa shape index (κ2) is 9.04. The molecule has 0 heterocycles. The van der Waals surface area contributed by atoms with Crippen molar-refractivity contribution >= 4 is 11.8 Å². The zero-order valence-electron chi connectivity index (χ0n) is 13.2. The third-order valence-corrected chi connectivity index (χ3v) is 2.87. The highest BCUT2D eigenvalue weighted by molar-refractivity contribution is 5.83. The first-order valence-electron chi connectivity index (χ1n) is 7.20. The van der Waals surface area contributed by atoms with E-state index in [1.54, 1.807) is 55.6 Å². The fourth-order valence-electron chi connectivity index (χ4n) is 1.72. The molecule has 0 fully saturated rings. The van der Waals surface area contributed by atoms with E-state index in [0.29, 0.717) is 17.2 Å². The maximum absolute atomic E-state index is 11.6. The monoisotopic (exact) mass is 330 g/mol. The van der Waals surface area contributed by atoms with Crippen molar-refractivity contribution in [1.29, 1.82) is 0 Å². The molecule has 126 valence electrons. The number of hydrogen-bond donors (Lipinski definition) is 2. The van der Waals surface area contributed by atoms with E-state index in [-0.39, 0.29) is 13.2 Å². The van der Waals surface area contributed by atoms with Gasteiger partial charge in [0.25, 0.3) is 11.8 Å². The lowest BCUT2D eigenvalue weighted by Gasteiger charge is -2.10. The summed E-state index contributed by atoms with van der Waals surface area (Å²) in [7, 11) is 1.54. The Morgan fingerprint density at radius 3 is 1.96 bits per heavy atom. The summed E-state index contributed by atoms with van der Waals surface area (Å²) < 4.78 is 15.6. The second-order valence-corrected chi connectivity index (χ2v) is 4.67. The molecule has 2 aromatic carbocycles. The molecule has 0 aliphatic heterocycles. The first kappa shape index (κ1) is 17.1. The average Bonchev–Trinajstić information content (AvgIpc) is 2.64. The van der Waals surface area contributed by atoms with Crippen molar-refractivity contribution in [1.82, 2.24) is 10.9 Å². The van der Waals surface area contributed by atoms with Crippen LogP contribution >= 0.6 is 0 Å². The van der Waals surface area contributed by atoms with Crippen molar-refractivity contribution in [3.63, 3.8) is 0 Å². The lowest BCUT2D eigenvalue weighted by atomic mass is 10.3. The molecule has 0 saturated heterocycles. The molecule has 24 heavy (non-hydrogen) atoms. The number of para-hydroxylation sites is 1. The van der Waals surface area contributed by atoms with Gasteiger partial charge in [0.05, 0.1) is 7.11 Å². The molecule has 0 aliphatic carbocycles. The first-order chi connectivity index (χ1) is 11.7. The van der Waals surface area contributed by atoms with Crippen LogP contribution in [0.15, 0.2) is 54.6 Å². The molecular weight excluding hydrogens is 312 g/mol. The van der Waals surface area contributed by atoms with Crippen LogP contribution < -0.4 is 25.1 Å². The molecular formula is C17H18N2O5. The number of carbonyl (C=O) groups is 2. The van der Waals surface area contributed by atoms with Gasteiger partial charge in [-0.2, -0.15) is 0 Å². The first-order valence-corrected chi connectivity index (χ1v) is 7.20. The van der Waals surface area contributed by atoms with Crippen molar-refractivity contribution in [2.24, 2.45) is 0 Å². The summed E-state index contributed by atoms with van der Waals surface area (Å²) in [5.74, 6) is 0.710. The highest BCUT2D eigenvalue weighted by Gasteiger charge is 2.07. The van der Waals surface area contributed by atoms with Crippen LogP contribution in [-0.4, -0.2) is 32.1 Å². The summed E-state index contributed by atoms with van der Waals surface area (Å²) >= 11 is 0. The van der Waals surface area contributed by atoms with Crippen LogP contribution in [0.5, 0.6) is 17.2 Å². The largest absolute Gasteiger partial charge is 0.497 e. The highest BCUT2D eigenvalue weighted by atomic mass is 16.5. The van der Waals surface area contributed by atoms with E-state index in [9.17, 15) is 9.59 Å². The van der Waals surface area contributed by atoms with Crippen LogP contribution in [0.1, 0.15) is 0 Å². The minimum atomic E-state index is -0.495. The summed E-state index contributed by atoms with van der Waals surface area (Å²) in [6.45, 7) is -0.450. The Morgan fingerprint density at radius 1 is 0.792 bits per heavy atom. The Kier molecular flexibility index (Phi) is 6.46. The van der Waals surface area contributed by atoms with Crippen LogP contribution in [0.2, 0.25) is 0 Å². The third-order valence-electron chi connectivity index (χ3n) is 2.87. The number of rotatable bonds is 7. The summed E-state index contributed by atoms with van der Waals surface area (Å²) in [5, 5.41) is 0. The SMILES string of the molecule is COc1cccc(OCC(=O)NNC(=O)COc2ccccc2)c1. The van der Waals surface area contributed by atoms with Gasteiger partial charge in [-0.25, -0.2) is 0 Å². The Labute approximate surface area is 139 Å². The highest BCUT2D eigenvalue weighted by Crippen LogP contribution is 2.18. The minimum absolute atomic E-state index is 0.207. The Hall–Kier alpha value is -3.22. The van der Waals surface area contributed by atoms with Gasteiger partial charge in [0.15, 0.2) is 13.2 Å². The zero-order chi connectivity index (χ0) is 17.2. The second-order valence-electron chi connectivity index (χ2n) is 4.67. The number of hydrogen-bond acceptors (Lipinski definition) is 5. The molecule has 2 amide bonds. The lowest BCUT2D eigenvalue weighted by molar-refractivity contribution is -0.131. The van der Waals surface area contributed by atoms with E-state index in [4.69, 9.17) is 14.2 Å². The van der Waals surface area contributed by atoms with E-state index in [1.165, 1.54) is 0 Å². The van der Waals surface area contributed by atoms with E-state index in [1.807, 2.05) is 6.07 Å². The zero-order valence-corrected chi connectivity index (χ0v) is 13.2. The summed E-state index contributed by atoms with van der Waals surface area (Å²) in [4.78, 5) is 23.2. The third kappa shape index (κ3) is 5.88. The van der Waals surface area contributed by atoms with Crippen LogP contribution in [0.25, 0.3) is 0 Å². The van der Waals surface area contributed by atoms with Gasteiger partial charge < -0.3 is 14.2 Å². The molecule has 0 aliphatic rings. The van der Waals surface area contributed by atoms with Gasteiger partial charge in [-0.1, -0.05) is 24.3 Å². The molecule has 2 rings (SSSR count). The quantitative estimate of drug-likeness (QED) is 0.748. The van der Waals surface area contributed by atoms with Gasteiger partial charge in [0.1, 0.15) is 17.2 Å². The summed E-state index contributed by atoms with van der Waals surface area (Å²) in [5.41, 5.74) is 4.49. The molecule has 0 radical (unpaired) electrons. The average molecular weight is 330 g/mol. The Balaban J connectivity index is 1.66. The molecule has 0 aromatic heterocycles. The molecule has 0 atom stereocenters. The maximum atomic E-state index is 11.6. The molecule has 2 aromatic rings. The fraction of sp³-hybridized carbons (Fsp3) is 0.176. The van der Waals surface area contributed by atoms with Crippen molar-refractivity contribution in [2.75, 3.05) is 20.3 Å². The minimum Gasteiger partial charge on any atom is -0.497 e. The van der Waals surface area contributed by atoms with Gasteiger partial charge in [0, 0.05) is 6.07 Å². The van der Waals surface area contributed by atoms with Crippen molar-refractivity contribution in [3.05, 3.63) is 54.6 Å². The van der Waals surface area contributed by atoms with Crippen molar-refractivity contribution < 1.29 is 23.8 Å². The standard InChI is InChI=1S/C17H18N2O5/c1-22-14-8-5-9-15(10-14)24-12-17(21)19-18-16(20)11-23-13-6-3-2-4-7-13/h2-10H,11-12H2,1H3,(H,18,20)(H,19,21). The molecule has 0 unspecified atom stereocenters. The number of ether oxygens (including phenoxy) is 3. The number of nitrogens with one attached hydrogen (secondary N) is 2. The normalized spacial score (nSPS) is 9.71. The smallest absolute Gasteiger partial charge is 0.276 e. The van der Waals surface area contributed by atoms with Gasteiger partial charge in [0.2, 0.25) is 0 Å². The number of carbonyl (C=O) groups excluding carboxylic acids is 2. The van der Waals surface area contributed by atoms with E-state index >= 15 is 0 Å². The lowest BCUT2D eigenvalue weighted by Crippen LogP contribution is -2.45. The Bertz CT molecular complexity index is 676. The predicted octanol–water partition coefficient (Wildman–Crippen LogP) is 1.30. The van der Waals surface area contributed by atoms with Gasteiger partial charge >= 0.3 is 0 Å². The maximum Gasteiger partial charge on any atom is 0.276 e. The predicted molar refractivity (Wildman–Crippen MR) is 86.7 cm³/mol. The van der Waals surface area contributed by atoms with Crippen LogP contribution in [0.4, 0.5) is 0 Å². The van der Waals surface area contributed by atoms with Crippen LogP contribution in [0.3, 0.4) is 0 Å². The van der Waals surface area contributed by atoms with Crippen molar-refractivity contribution in [2.45, 2.75) is 0 Å². The number of benzene rings is 2. The number of methoxy groups -OCH3 is 1.